The van der Waals surface area contributed by atoms with Crippen molar-refractivity contribution in [1.82, 2.24) is 0 Å². The Labute approximate surface area is 109 Å². The maximum absolute atomic E-state index is 14.1. The third kappa shape index (κ3) is 1.88. The van der Waals surface area contributed by atoms with Gasteiger partial charge in [-0.15, -0.1) is 0 Å². The molecule has 0 saturated carbocycles. The molecule has 1 aromatic carbocycles. The van der Waals surface area contributed by atoms with Crippen molar-refractivity contribution in [3.63, 3.8) is 0 Å². The fourth-order valence-electron chi connectivity index (χ4n) is 2.54. The molecule has 0 aromatic heterocycles. The second-order valence-electron chi connectivity index (χ2n) is 4.72. The van der Waals surface area contributed by atoms with Crippen LogP contribution in [-0.2, 0) is 9.53 Å². The van der Waals surface area contributed by atoms with E-state index in [1.54, 1.807) is 7.11 Å². The summed E-state index contributed by atoms with van der Waals surface area (Å²) < 4.78 is 19.3. The number of benzene rings is 1. The Morgan fingerprint density at radius 1 is 1.42 bits per heavy atom. The summed E-state index contributed by atoms with van der Waals surface area (Å²) in [5.41, 5.74) is 0.884. The van der Waals surface area contributed by atoms with E-state index < -0.39 is 17.5 Å². The van der Waals surface area contributed by atoms with E-state index >= 15 is 0 Å². The number of amides is 1. The van der Waals surface area contributed by atoms with Gasteiger partial charge in [-0.05, 0) is 18.6 Å². The molecule has 1 atom stereocenters. The predicted octanol–water partition coefficient (Wildman–Crippen LogP) is 1.19. The van der Waals surface area contributed by atoms with E-state index in [0.717, 1.165) is 12.5 Å². The number of hydrogen-bond acceptors (Lipinski definition) is 4. The summed E-state index contributed by atoms with van der Waals surface area (Å²) in [6.07, 6.45) is 0.919. The molecule has 100 valence electrons. The van der Waals surface area contributed by atoms with Crippen LogP contribution in [0.2, 0.25) is 0 Å². The topological polar surface area (TPSA) is 58.6 Å². The van der Waals surface area contributed by atoms with E-state index in [1.165, 1.54) is 6.07 Å². The van der Waals surface area contributed by atoms with E-state index in [0.29, 0.717) is 24.5 Å². The minimum atomic E-state index is -0.706. The molecule has 5 nitrogen and oxygen atoms in total. The van der Waals surface area contributed by atoms with Crippen LogP contribution >= 0.6 is 0 Å². The number of hydrogen-bond donors (Lipinski definition) is 1. The van der Waals surface area contributed by atoms with Crippen molar-refractivity contribution < 1.29 is 18.7 Å². The van der Waals surface area contributed by atoms with Gasteiger partial charge in [0.2, 0.25) is 0 Å². The molecule has 0 bridgehead atoms. The molecule has 1 saturated heterocycles. The molecule has 2 aliphatic heterocycles. The Morgan fingerprint density at radius 3 is 2.89 bits per heavy atom. The van der Waals surface area contributed by atoms with Gasteiger partial charge < -0.3 is 15.0 Å². The van der Waals surface area contributed by atoms with E-state index in [2.05, 4.69) is 5.32 Å². The molecule has 1 unspecified atom stereocenters. The molecule has 0 radical (unpaired) electrons. The summed E-state index contributed by atoms with van der Waals surface area (Å²) in [4.78, 5) is 24.6. The minimum Gasteiger partial charge on any atom is -0.380 e. The van der Waals surface area contributed by atoms with Crippen molar-refractivity contribution in [2.75, 3.05) is 30.4 Å². The van der Waals surface area contributed by atoms with Gasteiger partial charge in [0.15, 0.2) is 0 Å². The van der Waals surface area contributed by atoms with Crippen LogP contribution < -0.4 is 10.2 Å². The van der Waals surface area contributed by atoms with Crippen LogP contribution in [0.1, 0.15) is 16.8 Å². The van der Waals surface area contributed by atoms with Gasteiger partial charge >= 0.3 is 0 Å². The number of nitrogens with zero attached hydrogens (tertiary/aromatic N) is 1. The number of ketones is 1. The number of fused-ring (bicyclic) bond motifs is 1. The number of halogens is 1. The standard InChI is InChI=1S/C13H13FN2O3/c1-19-7-2-3-16(6-7)11-5-10-8(4-9(11)14)12(17)13(18)15-10/h4-5,7H,2-3,6H2,1H3,(H,15,17,18). The first-order chi connectivity index (χ1) is 9.10. The highest BCUT2D eigenvalue weighted by atomic mass is 19.1. The van der Waals surface area contributed by atoms with Gasteiger partial charge in [-0.25, -0.2) is 4.39 Å². The molecule has 6 heteroatoms. The molecule has 19 heavy (non-hydrogen) atoms. The van der Waals surface area contributed by atoms with Crippen molar-refractivity contribution in [2.24, 2.45) is 0 Å². The van der Waals surface area contributed by atoms with Gasteiger partial charge in [-0.2, -0.15) is 0 Å². The number of rotatable bonds is 2. The van der Waals surface area contributed by atoms with Gasteiger partial charge in [-0.3, -0.25) is 9.59 Å². The number of anilines is 2. The van der Waals surface area contributed by atoms with Crippen molar-refractivity contribution in [2.45, 2.75) is 12.5 Å². The molecule has 2 aliphatic rings. The smallest absolute Gasteiger partial charge is 0.296 e. The van der Waals surface area contributed by atoms with Crippen LogP contribution in [0.25, 0.3) is 0 Å². The fraction of sp³-hybridized carbons (Fsp3) is 0.385. The van der Waals surface area contributed by atoms with Crippen LogP contribution in [-0.4, -0.2) is 38.0 Å². The Bertz CT molecular complexity index is 573. The zero-order chi connectivity index (χ0) is 13.6. The van der Waals surface area contributed by atoms with E-state index in [4.69, 9.17) is 4.74 Å². The van der Waals surface area contributed by atoms with Crippen molar-refractivity contribution >= 4 is 23.1 Å². The Hall–Kier alpha value is -1.95. The third-order valence-corrected chi connectivity index (χ3v) is 3.61. The monoisotopic (exact) mass is 264 g/mol. The summed E-state index contributed by atoms with van der Waals surface area (Å²) in [6.45, 7) is 1.30. The first-order valence-corrected chi connectivity index (χ1v) is 6.07. The SMILES string of the molecule is COC1CCN(c2cc3c(cc2F)C(=O)C(=O)N3)C1. The highest BCUT2D eigenvalue weighted by Gasteiger charge is 2.31. The Kier molecular flexibility index (Phi) is 2.74. The van der Waals surface area contributed by atoms with Crippen LogP contribution in [0.3, 0.4) is 0 Å². The summed E-state index contributed by atoms with van der Waals surface area (Å²) >= 11 is 0. The second kappa shape index (κ2) is 4.31. The minimum absolute atomic E-state index is 0.0869. The molecular weight excluding hydrogens is 251 g/mol. The maximum atomic E-state index is 14.1. The molecule has 3 rings (SSSR count). The van der Waals surface area contributed by atoms with Crippen LogP contribution in [0, 0.1) is 5.82 Å². The largest absolute Gasteiger partial charge is 0.380 e. The fourth-order valence-corrected chi connectivity index (χ4v) is 2.54. The van der Waals surface area contributed by atoms with Crippen molar-refractivity contribution in [3.05, 3.63) is 23.5 Å². The van der Waals surface area contributed by atoms with E-state index in [1.807, 2.05) is 4.90 Å². The summed E-state index contributed by atoms with van der Waals surface area (Å²) in [5.74, 6) is -1.88. The average Bonchev–Trinajstić information content (AvgIpc) is 2.96. The van der Waals surface area contributed by atoms with Gasteiger partial charge in [0.05, 0.1) is 23.0 Å². The second-order valence-corrected chi connectivity index (χ2v) is 4.72. The lowest BCUT2D eigenvalue weighted by Gasteiger charge is -2.19. The molecule has 2 heterocycles. The maximum Gasteiger partial charge on any atom is 0.296 e. The first-order valence-electron chi connectivity index (χ1n) is 6.07. The molecule has 1 amide bonds. The molecular formula is C13H13FN2O3. The molecule has 1 aromatic rings. The zero-order valence-corrected chi connectivity index (χ0v) is 10.4. The number of nitrogens with one attached hydrogen (secondary N) is 1. The van der Waals surface area contributed by atoms with Crippen LogP contribution in [0.15, 0.2) is 12.1 Å². The van der Waals surface area contributed by atoms with Gasteiger partial charge in [-0.1, -0.05) is 0 Å². The van der Waals surface area contributed by atoms with Gasteiger partial charge in [0.25, 0.3) is 11.7 Å². The average molecular weight is 264 g/mol. The lowest BCUT2D eigenvalue weighted by molar-refractivity contribution is -0.112. The number of ether oxygens (including phenoxy) is 1. The Balaban J connectivity index is 1.95. The first kappa shape index (κ1) is 12.1. The number of Topliss-reactive ketones (excluding diaryl/α,β-unsaturated/α-hetero) is 1. The number of carbonyl (C=O) groups excluding carboxylic acids is 2. The Morgan fingerprint density at radius 2 is 2.21 bits per heavy atom. The summed E-state index contributed by atoms with van der Waals surface area (Å²) in [7, 11) is 1.63. The normalized spacial score (nSPS) is 21.8. The lowest BCUT2D eigenvalue weighted by atomic mass is 10.1. The molecule has 0 aliphatic carbocycles. The number of carbonyl (C=O) groups is 2. The lowest BCUT2D eigenvalue weighted by Crippen LogP contribution is -2.23. The summed E-state index contributed by atoms with van der Waals surface area (Å²) in [6, 6.07) is 2.65. The van der Waals surface area contributed by atoms with E-state index in [-0.39, 0.29) is 11.7 Å². The highest BCUT2D eigenvalue weighted by molar-refractivity contribution is 6.51. The zero-order valence-electron chi connectivity index (χ0n) is 10.4. The van der Waals surface area contributed by atoms with E-state index in [9.17, 15) is 14.0 Å². The quantitative estimate of drug-likeness (QED) is 0.815. The van der Waals surface area contributed by atoms with Gasteiger partial charge in [0, 0.05) is 20.2 Å². The third-order valence-electron chi connectivity index (χ3n) is 3.61. The molecule has 1 fully saturated rings. The summed E-state index contributed by atoms with van der Waals surface area (Å²) in [5, 5.41) is 2.45. The van der Waals surface area contributed by atoms with Crippen molar-refractivity contribution in [3.8, 4) is 0 Å². The predicted molar refractivity (Wildman–Crippen MR) is 67.0 cm³/mol. The highest BCUT2D eigenvalue weighted by Crippen LogP contribution is 2.32. The molecule has 0 spiro atoms. The van der Waals surface area contributed by atoms with Crippen LogP contribution in [0.4, 0.5) is 15.8 Å². The van der Waals surface area contributed by atoms with Crippen LogP contribution in [0.5, 0.6) is 0 Å². The van der Waals surface area contributed by atoms with Crippen molar-refractivity contribution in [1.29, 1.82) is 0 Å². The molecule has 1 N–H and O–H groups in total. The van der Waals surface area contributed by atoms with Gasteiger partial charge in [0.1, 0.15) is 5.82 Å². The number of methoxy groups -OCH3 is 1.